The number of carbonyl (C=O) groups excluding carboxylic acids is 1. The van der Waals surface area contributed by atoms with Crippen molar-refractivity contribution in [3.63, 3.8) is 0 Å². The SMILES string of the molecule is N#Cc1c(NC(=O)c2ccn(Cn3cccn3)n2)sc2c1CCCC2. The minimum atomic E-state index is -0.297. The van der Waals surface area contributed by atoms with Crippen LogP contribution in [0, 0.1) is 11.3 Å². The average Bonchev–Trinajstić information content (AvgIpc) is 3.34. The summed E-state index contributed by atoms with van der Waals surface area (Å²) >= 11 is 1.52. The number of nitrogens with one attached hydrogen (secondary N) is 1. The van der Waals surface area contributed by atoms with Crippen LogP contribution in [0.15, 0.2) is 30.7 Å². The molecule has 1 amide bonds. The second-order valence-corrected chi connectivity index (χ2v) is 7.01. The summed E-state index contributed by atoms with van der Waals surface area (Å²) in [6.45, 7) is 0.441. The zero-order valence-corrected chi connectivity index (χ0v) is 14.3. The Bertz CT molecular complexity index is 947. The lowest BCUT2D eigenvalue weighted by atomic mass is 9.96. The van der Waals surface area contributed by atoms with Crippen LogP contribution < -0.4 is 5.32 Å². The van der Waals surface area contributed by atoms with Crippen LogP contribution in [0.1, 0.15) is 39.3 Å². The number of carbonyl (C=O) groups is 1. The Morgan fingerprint density at radius 3 is 3.00 bits per heavy atom. The molecule has 25 heavy (non-hydrogen) atoms. The smallest absolute Gasteiger partial charge is 0.276 e. The molecule has 0 bridgehead atoms. The fraction of sp³-hybridized carbons (Fsp3) is 0.294. The number of hydrogen-bond donors (Lipinski definition) is 1. The van der Waals surface area contributed by atoms with Crippen molar-refractivity contribution in [2.75, 3.05) is 5.32 Å². The fourth-order valence-electron chi connectivity index (χ4n) is 3.03. The van der Waals surface area contributed by atoms with Gasteiger partial charge in [-0.25, -0.2) is 0 Å². The van der Waals surface area contributed by atoms with E-state index in [2.05, 4.69) is 21.6 Å². The molecule has 0 spiro atoms. The highest BCUT2D eigenvalue weighted by Gasteiger charge is 2.22. The Labute approximate surface area is 148 Å². The molecule has 1 N–H and O–H groups in total. The van der Waals surface area contributed by atoms with Crippen molar-refractivity contribution < 1.29 is 4.79 Å². The number of hydrogen-bond acceptors (Lipinski definition) is 5. The van der Waals surface area contributed by atoms with Gasteiger partial charge in [0, 0.05) is 23.5 Å². The molecule has 0 saturated carbocycles. The van der Waals surface area contributed by atoms with Crippen LogP contribution in [0.3, 0.4) is 0 Å². The minimum absolute atomic E-state index is 0.297. The highest BCUT2D eigenvalue weighted by molar-refractivity contribution is 7.16. The van der Waals surface area contributed by atoms with E-state index < -0.39 is 0 Å². The number of aromatic nitrogens is 4. The first-order chi connectivity index (χ1) is 12.2. The molecule has 126 valence electrons. The summed E-state index contributed by atoms with van der Waals surface area (Å²) in [6.07, 6.45) is 9.41. The van der Waals surface area contributed by atoms with E-state index in [1.54, 1.807) is 27.8 Å². The molecule has 0 aliphatic heterocycles. The molecule has 0 atom stereocenters. The van der Waals surface area contributed by atoms with Crippen molar-refractivity contribution in [2.24, 2.45) is 0 Å². The lowest BCUT2D eigenvalue weighted by Gasteiger charge is -2.09. The third-order valence-electron chi connectivity index (χ3n) is 4.23. The minimum Gasteiger partial charge on any atom is -0.311 e. The van der Waals surface area contributed by atoms with Gasteiger partial charge < -0.3 is 5.32 Å². The molecule has 0 fully saturated rings. The van der Waals surface area contributed by atoms with Crippen molar-refractivity contribution in [1.82, 2.24) is 19.6 Å². The third-order valence-corrected chi connectivity index (χ3v) is 5.44. The number of nitrogens with zero attached hydrogens (tertiary/aromatic N) is 5. The number of aryl methyl sites for hydroxylation is 1. The Kier molecular flexibility index (Phi) is 4.07. The molecule has 4 rings (SSSR count). The molecule has 1 aliphatic carbocycles. The first kappa shape index (κ1) is 15.6. The van der Waals surface area contributed by atoms with Crippen molar-refractivity contribution in [3.05, 3.63) is 52.4 Å². The summed E-state index contributed by atoms with van der Waals surface area (Å²) in [4.78, 5) is 13.7. The molecule has 0 aromatic carbocycles. The van der Waals surface area contributed by atoms with Gasteiger partial charge in [0.2, 0.25) is 0 Å². The van der Waals surface area contributed by atoms with Gasteiger partial charge in [-0.05, 0) is 43.4 Å². The van der Waals surface area contributed by atoms with E-state index in [0.717, 1.165) is 31.2 Å². The van der Waals surface area contributed by atoms with Crippen LogP contribution in [0.25, 0.3) is 0 Å². The fourth-order valence-corrected chi connectivity index (χ4v) is 4.27. The molecule has 3 aromatic heterocycles. The predicted octanol–water partition coefficient (Wildman–Crippen LogP) is 2.65. The molecular formula is C17H16N6OS. The molecular weight excluding hydrogens is 336 g/mol. The van der Waals surface area contributed by atoms with E-state index in [-0.39, 0.29) is 5.91 Å². The van der Waals surface area contributed by atoms with Crippen molar-refractivity contribution in [1.29, 1.82) is 5.26 Å². The maximum absolute atomic E-state index is 12.5. The van der Waals surface area contributed by atoms with Gasteiger partial charge in [-0.2, -0.15) is 15.5 Å². The van der Waals surface area contributed by atoms with Gasteiger partial charge in [-0.15, -0.1) is 11.3 Å². The van der Waals surface area contributed by atoms with Gasteiger partial charge in [0.1, 0.15) is 17.7 Å². The van der Waals surface area contributed by atoms with E-state index in [1.165, 1.54) is 16.2 Å². The van der Waals surface area contributed by atoms with E-state index in [9.17, 15) is 10.1 Å². The second-order valence-electron chi connectivity index (χ2n) is 5.91. The van der Waals surface area contributed by atoms with E-state index in [1.807, 2.05) is 12.3 Å². The van der Waals surface area contributed by atoms with Crippen molar-refractivity contribution in [2.45, 2.75) is 32.4 Å². The van der Waals surface area contributed by atoms with Gasteiger partial charge >= 0.3 is 0 Å². The summed E-state index contributed by atoms with van der Waals surface area (Å²) in [7, 11) is 0. The van der Waals surface area contributed by atoms with Crippen LogP contribution >= 0.6 is 11.3 Å². The Hall–Kier alpha value is -2.92. The lowest BCUT2D eigenvalue weighted by molar-refractivity contribution is 0.102. The summed E-state index contributed by atoms with van der Waals surface area (Å²) in [5.74, 6) is -0.297. The maximum atomic E-state index is 12.5. The van der Waals surface area contributed by atoms with Gasteiger partial charge in [-0.3, -0.25) is 14.2 Å². The van der Waals surface area contributed by atoms with Crippen LogP contribution in [-0.2, 0) is 19.5 Å². The molecule has 0 unspecified atom stereocenters. The van der Waals surface area contributed by atoms with Gasteiger partial charge in [0.25, 0.3) is 5.91 Å². The summed E-state index contributed by atoms with van der Waals surface area (Å²) in [5, 5.41) is 21.4. The summed E-state index contributed by atoms with van der Waals surface area (Å²) in [5.41, 5.74) is 2.05. The largest absolute Gasteiger partial charge is 0.311 e. The first-order valence-electron chi connectivity index (χ1n) is 8.11. The molecule has 8 heteroatoms. The molecule has 3 aromatic rings. The van der Waals surface area contributed by atoms with E-state index in [4.69, 9.17) is 0 Å². The standard InChI is InChI=1S/C17H16N6OS/c18-10-13-12-4-1-2-5-15(12)25-17(13)20-16(24)14-6-9-23(21-14)11-22-8-3-7-19-22/h3,6-9H,1-2,4-5,11H2,(H,20,24). The normalized spacial score (nSPS) is 13.2. The molecule has 0 radical (unpaired) electrons. The van der Waals surface area contributed by atoms with E-state index >= 15 is 0 Å². The zero-order valence-electron chi connectivity index (χ0n) is 13.5. The molecule has 1 aliphatic rings. The average molecular weight is 352 g/mol. The van der Waals surface area contributed by atoms with Gasteiger partial charge in [0.15, 0.2) is 5.69 Å². The lowest BCUT2D eigenvalue weighted by Crippen LogP contribution is -2.15. The van der Waals surface area contributed by atoms with E-state index in [0.29, 0.717) is 22.9 Å². The van der Waals surface area contributed by atoms with Crippen molar-refractivity contribution >= 4 is 22.2 Å². The third kappa shape index (κ3) is 3.06. The Morgan fingerprint density at radius 2 is 2.20 bits per heavy atom. The number of fused-ring (bicyclic) bond motifs is 1. The number of rotatable bonds is 4. The van der Waals surface area contributed by atoms with Crippen LogP contribution in [-0.4, -0.2) is 25.5 Å². The second kappa shape index (κ2) is 6.53. The Morgan fingerprint density at radius 1 is 1.32 bits per heavy atom. The van der Waals surface area contributed by atoms with Crippen molar-refractivity contribution in [3.8, 4) is 6.07 Å². The number of nitriles is 1. The zero-order chi connectivity index (χ0) is 17.2. The number of amides is 1. The summed E-state index contributed by atoms with van der Waals surface area (Å²) in [6, 6.07) is 5.75. The quantitative estimate of drug-likeness (QED) is 0.782. The topological polar surface area (TPSA) is 88.5 Å². The van der Waals surface area contributed by atoms with Gasteiger partial charge in [-0.1, -0.05) is 0 Å². The van der Waals surface area contributed by atoms with Crippen LogP contribution in [0.4, 0.5) is 5.00 Å². The maximum Gasteiger partial charge on any atom is 0.276 e. The van der Waals surface area contributed by atoms with Gasteiger partial charge in [0.05, 0.1) is 5.56 Å². The molecule has 0 saturated heterocycles. The predicted molar refractivity (Wildman–Crippen MR) is 93.5 cm³/mol. The number of anilines is 1. The highest BCUT2D eigenvalue weighted by Crippen LogP contribution is 2.37. The first-order valence-corrected chi connectivity index (χ1v) is 8.93. The molecule has 3 heterocycles. The highest BCUT2D eigenvalue weighted by atomic mass is 32.1. The Balaban J connectivity index is 1.52. The van der Waals surface area contributed by atoms with Crippen LogP contribution in [0.2, 0.25) is 0 Å². The monoisotopic (exact) mass is 352 g/mol. The summed E-state index contributed by atoms with van der Waals surface area (Å²) < 4.78 is 3.36. The van der Waals surface area contributed by atoms with Crippen LogP contribution in [0.5, 0.6) is 0 Å². The molecule has 7 nitrogen and oxygen atoms in total. The number of thiophene rings is 1.